The summed E-state index contributed by atoms with van der Waals surface area (Å²) in [6, 6.07) is 52.6. The minimum absolute atomic E-state index is 1.10. The molecule has 0 N–H and O–H groups in total. The highest BCUT2D eigenvalue weighted by Gasteiger charge is 2.30. The van der Waals surface area contributed by atoms with Gasteiger partial charge in [-0.2, -0.15) is 0 Å². The van der Waals surface area contributed by atoms with E-state index in [1.807, 2.05) is 18.5 Å². The Morgan fingerprint density at radius 2 is 1.04 bits per heavy atom. The Bertz CT molecular complexity index is 2590. The quantitative estimate of drug-likeness (QED) is 0.210. The number of hydrogen-bond acceptors (Lipinski definition) is 2. The third kappa shape index (κ3) is 3.34. The average molecular weight is 575 g/mol. The molecule has 4 heterocycles. The highest BCUT2D eigenvalue weighted by molar-refractivity contribution is 6.26. The molecular weight excluding hydrogens is 548 g/mol. The van der Waals surface area contributed by atoms with E-state index in [0.717, 1.165) is 28.2 Å². The van der Waals surface area contributed by atoms with E-state index in [9.17, 15) is 0 Å². The molecule has 0 amide bonds. The van der Waals surface area contributed by atoms with E-state index in [-0.39, 0.29) is 0 Å². The second kappa shape index (κ2) is 9.18. The summed E-state index contributed by atoms with van der Waals surface area (Å²) >= 11 is 0. The predicted molar refractivity (Wildman–Crippen MR) is 187 cm³/mol. The predicted octanol–water partition coefficient (Wildman–Crippen LogP) is 10.7. The molecule has 10 rings (SSSR count). The van der Waals surface area contributed by atoms with Crippen LogP contribution < -0.4 is 4.90 Å². The third-order valence-electron chi connectivity index (χ3n) is 9.28. The molecule has 0 radical (unpaired) electrons. The van der Waals surface area contributed by atoms with Crippen LogP contribution in [0.5, 0.6) is 0 Å². The van der Waals surface area contributed by atoms with Gasteiger partial charge >= 0.3 is 0 Å². The summed E-state index contributed by atoms with van der Waals surface area (Å²) in [5.41, 5.74) is 12.9. The first kappa shape index (κ1) is 24.3. The SMILES string of the molecule is c1ccc(-n2c3ccccc3c3ccc4c5cccc6c5n(c4c32)-c2ccccc2N6c2cccc(-c3cccnc3)c2)cc1. The number of aromatic nitrogens is 3. The van der Waals surface area contributed by atoms with Crippen molar-refractivity contribution >= 4 is 60.7 Å². The molecule has 210 valence electrons. The van der Waals surface area contributed by atoms with Crippen LogP contribution in [0.4, 0.5) is 17.1 Å². The number of benzene rings is 6. The van der Waals surface area contributed by atoms with E-state index >= 15 is 0 Å². The Balaban J connectivity index is 1.35. The third-order valence-corrected chi connectivity index (χ3v) is 9.28. The van der Waals surface area contributed by atoms with Crippen molar-refractivity contribution in [3.05, 3.63) is 158 Å². The number of fused-ring (bicyclic) bond motifs is 9. The number of nitrogens with zero attached hydrogens (tertiary/aromatic N) is 4. The van der Waals surface area contributed by atoms with Crippen LogP contribution >= 0.6 is 0 Å². The summed E-state index contributed by atoms with van der Waals surface area (Å²) in [5.74, 6) is 0. The molecule has 0 saturated heterocycles. The monoisotopic (exact) mass is 574 g/mol. The fraction of sp³-hybridized carbons (Fsp3) is 0. The molecule has 6 aromatic carbocycles. The summed E-state index contributed by atoms with van der Waals surface area (Å²) in [6.07, 6.45) is 3.75. The molecule has 4 nitrogen and oxygen atoms in total. The smallest absolute Gasteiger partial charge is 0.0790 e. The second-order valence-electron chi connectivity index (χ2n) is 11.7. The minimum Gasteiger partial charge on any atom is -0.307 e. The maximum atomic E-state index is 4.38. The van der Waals surface area contributed by atoms with Crippen molar-refractivity contribution in [3.63, 3.8) is 0 Å². The zero-order chi connectivity index (χ0) is 29.5. The van der Waals surface area contributed by atoms with Crippen LogP contribution in [0.3, 0.4) is 0 Å². The van der Waals surface area contributed by atoms with Gasteiger partial charge in [-0.15, -0.1) is 0 Å². The van der Waals surface area contributed by atoms with Gasteiger partial charge in [0, 0.05) is 50.9 Å². The van der Waals surface area contributed by atoms with Gasteiger partial charge in [0.25, 0.3) is 0 Å². The summed E-state index contributed by atoms with van der Waals surface area (Å²) in [7, 11) is 0. The number of pyridine rings is 1. The lowest BCUT2D eigenvalue weighted by Crippen LogP contribution is -2.18. The number of anilines is 3. The molecule has 0 fully saturated rings. The average Bonchev–Trinajstić information content (AvgIpc) is 3.64. The van der Waals surface area contributed by atoms with Gasteiger partial charge in [-0.1, -0.05) is 91.0 Å². The van der Waals surface area contributed by atoms with Gasteiger partial charge in [0.15, 0.2) is 0 Å². The topological polar surface area (TPSA) is 26.0 Å². The van der Waals surface area contributed by atoms with Crippen LogP contribution in [-0.4, -0.2) is 14.1 Å². The maximum absolute atomic E-state index is 4.38. The van der Waals surface area contributed by atoms with Gasteiger partial charge in [0.2, 0.25) is 0 Å². The molecule has 0 atom stereocenters. The molecule has 45 heavy (non-hydrogen) atoms. The first-order valence-corrected chi connectivity index (χ1v) is 15.3. The van der Waals surface area contributed by atoms with Gasteiger partial charge in [0.1, 0.15) is 0 Å². The van der Waals surface area contributed by atoms with Crippen molar-refractivity contribution in [1.82, 2.24) is 14.1 Å². The normalized spacial score (nSPS) is 12.4. The van der Waals surface area contributed by atoms with E-state index < -0.39 is 0 Å². The number of hydrogen-bond donors (Lipinski definition) is 0. The van der Waals surface area contributed by atoms with Gasteiger partial charge < -0.3 is 14.0 Å². The molecule has 1 aliphatic heterocycles. The fourth-order valence-corrected chi connectivity index (χ4v) is 7.45. The Kier molecular flexibility index (Phi) is 4.96. The van der Waals surface area contributed by atoms with Gasteiger partial charge in [0.05, 0.1) is 39.1 Å². The summed E-state index contributed by atoms with van der Waals surface area (Å²) in [6.45, 7) is 0. The summed E-state index contributed by atoms with van der Waals surface area (Å²) < 4.78 is 4.96. The first-order chi connectivity index (χ1) is 22.4. The lowest BCUT2D eigenvalue weighted by Gasteiger charge is -2.33. The van der Waals surface area contributed by atoms with Crippen molar-refractivity contribution in [3.8, 4) is 22.5 Å². The van der Waals surface area contributed by atoms with Crippen LogP contribution in [0.2, 0.25) is 0 Å². The first-order valence-electron chi connectivity index (χ1n) is 15.3. The highest BCUT2D eigenvalue weighted by atomic mass is 15.2. The van der Waals surface area contributed by atoms with Crippen LogP contribution in [-0.2, 0) is 0 Å². The molecule has 9 aromatic rings. The number of para-hydroxylation sites is 5. The van der Waals surface area contributed by atoms with E-state index in [1.54, 1.807) is 0 Å². The molecule has 0 unspecified atom stereocenters. The maximum Gasteiger partial charge on any atom is 0.0790 e. The summed E-state index contributed by atoms with van der Waals surface area (Å²) in [5, 5.41) is 5.01. The van der Waals surface area contributed by atoms with Crippen molar-refractivity contribution in [1.29, 1.82) is 0 Å². The lowest BCUT2D eigenvalue weighted by atomic mass is 10.0. The van der Waals surface area contributed by atoms with Gasteiger partial charge in [-0.3, -0.25) is 4.98 Å². The van der Waals surface area contributed by atoms with E-state index in [1.165, 1.54) is 55.0 Å². The zero-order valence-electron chi connectivity index (χ0n) is 24.3. The Hall–Kier alpha value is -6.13. The largest absolute Gasteiger partial charge is 0.307 e. The Morgan fingerprint density at radius 3 is 1.91 bits per heavy atom. The van der Waals surface area contributed by atoms with Crippen molar-refractivity contribution < 1.29 is 0 Å². The van der Waals surface area contributed by atoms with Crippen molar-refractivity contribution in [2.24, 2.45) is 0 Å². The molecule has 4 heteroatoms. The van der Waals surface area contributed by atoms with Crippen molar-refractivity contribution in [2.75, 3.05) is 4.90 Å². The summed E-state index contributed by atoms with van der Waals surface area (Å²) in [4.78, 5) is 6.79. The molecule has 0 spiro atoms. The molecule has 0 bridgehead atoms. The van der Waals surface area contributed by atoms with Crippen LogP contribution in [0.1, 0.15) is 0 Å². The van der Waals surface area contributed by atoms with Gasteiger partial charge in [-0.25, -0.2) is 0 Å². The molecule has 0 aliphatic carbocycles. The van der Waals surface area contributed by atoms with Crippen LogP contribution in [0.25, 0.3) is 66.1 Å². The van der Waals surface area contributed by atoms with Gasteiger partial charge in [-0.05, 0) is 60.2 Å². The van der Waals surface area contributed by atoms with Crippen LogP contribution in [0.15, 0.2) is 158 Å². The standard InChI is InChI=1S/C41H26N4/c1-2-13-29(14-3-1)44-35-18-5-4-16-31(35)33-22-23-34-32-17-9-21-38-39(32)45(41(34)40(33)44)37-20-7-6-19-36(37)43(38)30-15-8-11-27(25-30)28-12-10-24-42-26-28/h1-26H. The molecular formula is C41H26N4. The minimum atomic E-state index is 1.10. The van der Waals surface area contributed by atoms with Crippen molar-refractivity contribution in [2.45, 2.75) is 0 Å². The van der Waals surface area contributed by atoms with Crippen LogP contribution in [0, 0.1) is 0 Å². The fourth-order valence-electron chi connectivity index (χ4n) is 7.45. The molecule has 1 aliphatic rings. The highest BCUT2D eigenvalue weighted by Crippen LogP contribution is 2.51. The number of rotatable bonds is 3. The second-order valence-corrected chi connectivity index (χ2v) is 11.7. The molecule has 3 aromatic heterocycles. The Labute approximate surface area is 259 Å². The Morgan fingerprint density at radius 1 is 0.400 bits per heavy atom. The van der Waals surface area contributed by atoms with E-state index in [0.29, 0.717) is 0 Å². The zero-order valence-corrected chi connectivity index (χ0v) is 24.3. The van der Waals surface area contributed by atoms with E-state index in [2.05, 4.69) is 159 Å². The molecule has 0 saturated carbocycles. The lowest BCUT2D eigenvalue weighted by molar-refractivity contribution is 1.10. The van der Waals surface area contributed by atoms with E-state index in [4.69, 9.17) is 0 Å².